The summed E-state index contributed by atoms with van der Waals surface area (Å²) in [6.07, 6.45) is 0.808. The molecule has 1 aromatic carbocycles. The average molecular weight is 272 g/mol. The highest BCUT2D eigenvalue weighted by molar-refractivity contribution is 6.21. The van der Waals surface area contributed by atoms with Gasteiger partial charge in [-0.3, -0.25) is 19.4 Å². The smallest absolute Gasteiger partial charge is 0.261 e. The van der Waals surface area contributed by atoms with Crippen LogP contribution in [0.4, 0.5) is 0 Å². The topological polar surface area (TPSA) is 52.7 Å². The van der Waals surface area contributed by atoms with Crippen molar-refractivity contribution in [2.24, 2.45) is 0 Å². The number of nitrogens with zero attached hydrogens (tertiary/aromatic N) is 2. The molecule has 0 saturated carbocycles. The van der Waals surface area contributed by atoms with Gasteiger partial charge < -0.3 is 5.32 Å². The fraction of sp³-hybridized carbons (Fsp3) is 0.400. The van der Waals surface area contributed by atoms with Crippen molar-refractivity contribution >= 4 is 11.8 Å². The van der Waals surface area contributed by atoms with Crippen molar-refractivity contribution in [3.63, 3.8) is 0 Å². The molecule has 0 atom stereocenters. The first-order valence-corrected chi connectivity index (χ1v) is 7.01. The maximum atomic E-state index is 12.2. The molecule has 2 amide bonds. The summed E-state index contributed by atoms with van der Waals surface area (Å²) in [5, 5.41) is 3.26. The first-order valence-electron chi connectivity index (χ1n) is 7.01. The Bertz CT molecular complexity index is 489. The first kappa shape index (κ1) is 13.3. The third kappa shape index (κ3) is 2.46. The van der Waals surface area contributed by atoms with Crippen LogP contribution in [0.15, 0.2) is 24.3 Å². The van der Waals surface area contributed by atoms with Gasteiger partial charge in [0.1, 0.15) is 0 Å². The lowest BCUT2D eigenvalue weighted by Gasteiger charge is -2.27. The van der Waals surface area contributed by atoms with Gasteiger partial charge in [0, 0.05) is 39.3 Å². The van der Waals surface area contributed by atoms with Crippen molar-refractivity contribution in [1.82, 2.24) is 15.1 Å². The number of hydrogen-bond acceptors (Lipinski definition) is 4. The van der Waals surface area contributed by atoms with E-state index >= 15 is 0 Å². The molecule has 0 spiro atoms. The van der Waals surface area contributed by atoms with Crippen LogP contribution in [0.5, 0.6) is 0 Å². The molecule has 1 fully saturated rings. The maximum Gasteiger partial charge on any atom is 0.261 e. The lowest BCUT2D eigenvalue weighted by atomic mass is 10.1. The SMILES string of the molecule is O=C1c2ccccc2C(=O)N1CCCN1[CH]CNCC1. The summed E-state index contributed by atoms with van der Waals surface area (Å²) in [6, 6.07) is 7.03. The van der Waals surface area contributed by atoms with Crippen LogP contribution < -0.4 is 5.32 Å². The molecule has 2 heterocycles. The zero-order valence-electron chi connectivity index (χ0n) is 11.3. The van der Waals surface area contributed by atoms with Crippen LogP contribution in [0.2, 0.25) is 0 Å². The normalized spacial score (nSPS) is 19.5. The Kier molecular flexibility index (Phi) is 3.80. The van der Waals surface area contributed by atoms with Crippen LogP contribution in [0, 0.1) is 6.54 Å². The van der Waals surface area contributed by atoms with Crippen LogP contribution in [-0.4, -0.2) is 54.3 Å². The molecular formula is C15H18N3O2. The van der Waals surface area contributed by atoms with E-state index < -0.39 is 0 Å². The van der Waals surface area contributed by atoms with Crippen LogP contribution in [0.25, 0.3) is 0 Å². The number of piperazine rings is 1. The Labute approximate surface area is 118 Å². The van der Waals surface area contributed by atoms with E-state index in [-0.39, 0.29) is 11.8 Å². The molecule has 0 aromatic heterocycles. The Morgan fingerprint density at radius 3 is 2.35 bits per heavy atom. The number of carbonyl (C=O) groups excluding carboxylic acids is 2. The number of imide groups is 1. The van der Waals surface area contributed by atoms with E-state index in [0.29, 0.717) is 17.7 Å². The molecule has 1 saturated heterocycles. The molecule has 2 aliphatic heterocycles. The van der Waals surface area contributed by atoms with E-state index in [1.54, 1.807) is 24.3 Å². The van der Waals surface area contributed by atoms with Crippen LogP contribution in [-0.2, 0) is 0 Å². The summed E-state index contributed by atoms with van der Waals surface area (Å²) < 4.78 is 0. The molecule has 5 nitrogen and oxygen atoms in total. The van der Waals surface area contributed by atoms with Gasteiger partial charge in [-0.15, -0.1) is 0 Å². The van der Waals surface area contributed by atoms with Gasteiger partial charge in [0.15, 0.2) is 0 Å². The summed E-state index contributed by atoms with van der Waals surface area (Å²) in [5.74, 6) is -0.315. The van der Waals surface area contributed by atoms with Crippen LogP contribution >= 0.6 is 0 Å². The lowest BCUT2D eigenvalue weighted by molar-refractivity contribution is 0.0648. The molecule has 5 heteroatoms. The molecule has 1 radical (unpaired) electrons. The molecule has 2 aliphatic rings. The van der Waals surface area contributed by atoms with Gasteiger partial charge in [-0.1, -0.05) is 12.1 Å². The summed E-state index contributed by atoms with van der Waals surface area (Å²) >= 11 is 0. The molecule has 1 N–H and O–H groups in total. The molecule has 1 aromatic rings. The molecular weight excluding hydrogens is 254 g/mol. The molecule has 20 heavy (non-hydrogen) atoms. The number of carbonyl (C=O) groups is 2. The summed E-state index contributed by atoms with van der Waals surface area (Å²) in [7, 11) is 0. The van der Waals surface area contributed by atoms with Crippen molar-refractivity contribution in [1.29, 1.82) is 0 Å². The highest BCUT2D eigenvalue weighted by Crippen LogP contribution is 2.22. The fourth-order valence-corrected chi connectivity index (χ4v) is 2.69. The minimum Gasteiger partial charge on any atom is -0.314 e. The van der Waals surface area contributed by atoms with Gasteiger partial charge >= 0.3 is 0 Å². The molecule has 3 rings (SSSR count). The van der Waals surface area contributed by atoms with Gasteiger partial charge in [0.2, 0.25) is 0 Å². The molecule has 0 unspecified atom stereocenters. The Hall–Kier alpha value is -1.72. The second kappa shape index (κ2) is 5.73. The van der Waals surface area contributed by atoms with Crippen molar-refractivity contribution < 1.29 is 9.59 Å². The summed E-state index contributed by atoms with van der Waals surface area (Å²) in [4.78, 5) is 27.9. The van der Waals surface area contributed by atoms with Gasteiger partial charge in [-0.05, 0) is 18.6 Å². The number of fused-ring (bicyclic) bond motifs is 1. The van der Waals surface area contributed by atoms with Gasteiger partial charge in [0.05, 0.1) is 11.1 Å². The molecule has 105 valence electrons. The second-order valence-corrected chi connectivity index (χ2v) is 5.08. The number of nitrogens with one attached hydrogen (secondary N) is 1. The zero-order valence-corrected chi connectivity index (χ0v) is 11.3. The Morgan fingerprint density at radius 2 is 1.75 bits per heavy atom. The quantitative estimate of drug-likeness (QED) is 0.821. The van der Waals surface area contributed by atoms with E-state index in [9.17, 15) is 9.59 Å². The second-order valence-electron chi connectivity index (χ2n) is 5.08. The Balaban J connectivity index is 1.56. The van der Waals surface area contributed by atoms with E-state index in [1.165, 1.54) is 4.90 Å². The van der Waals surface area contributed by atoms with E-state index in [2.05, 4.69) is 16.8 Å². The number of benzene rings is 1. The number of amides is 2. The summed E-state index contributed by atoms with van der Waals surface area (Å²) in [5.41, 5.74) is 1.07. The van der Waals surface area contributed by atoms with Crippen molar-refractivity contribution in [3.8, 4) is 0 Å². The van der Waals surface area contributed by atoms with E-state index in [4.69, 9.17) is 0 Å². The third-order valence-corrected chi connectivity index (χ3v) is 3.77. The number of hydrogen-bond donors (Lipinski definition) is 1. The monoisotopic (exact) mass is 272 g/mol. The fourth-order valence-electron chi connectivity index (χ4n) is 2.69. The highest BCUT2D eigenvalue weighted by Gasteiger charge is 2.34. The molecule has 0 aliphatic carbocycles. The third-order valence-electron chi connectivity index (χ3n) is 3.77. The summed E-state index contributed by atoms with van der Waals surface area (Å²) in [6.45, 7) is 6.38. The van der Waals surface area contributed by atoms with Crippen molar-refractivity contribution in [2.45, 2.75) is 6.42 Å². The van der Waals surface area contributed by atoms with E-state index in [0.717, 1.165) is 32.6 Å². The minimum atomic E-state index is -0.158. The molecule has 0 bridgehead atoms. The number of rotatable bonds is 4. The van der Waals surface area contributed by atoms with Crippen LogP contribution in [0.1, 0.15) is 27.1 Å². The highest BCUT2D eigenvalue weighted by atomic mass is 16.2. The van der Waals surface area contributed by atoms with Crippen molar-refractivity contribution in [2.75, 3.05) is 32.7 Å². The lowest BCUT2D eigenvalue weighted by Crippen LogP contribution is -2.41. The predicted octanol–water partition coefficient (Wildman–Crippen LogP) is 0.740. The minimum absolute atomic E-state index is 0.158. The van der Waals surface area contributed by atoms with E-state index in [1.807, 2.05) is 0 Å². The van der Waals surface area contributed by atoms with Gasteiger partial charge in [0.25, 0.3) is 11.8 Å². The Morgan fingerprint density at radius 1 is 1.05 bits per heavy atom. The predicted molar refractivity (Wildman–Crippen MR) is 75.2 cm³/mol. The largest absolute Gasteiger partial charge is 0.314 e. The average Bonchev–Trinajstić information content (AvgIpc) is 2.74. The van der Waals surface area contributed by atoms with Crippen LogP contribution in [0.3, 0.4) is 0 Å². The van der Waals surface area contributed by atoms with Crippen molar-refractivity contribution in [3.05, 3.63) is 41.9 Å². The standard InChI is InChI=1S/C15H18N3O2/c19-14-12-4-1-2-5-13(12)15(20)18(14)9-3-8-17-10-6-16-7-11-17/h1-2,4-5,10,16H,3,6-9,11H2. The van der Waals surface area contributed by atoms with Gasteiger partial charge in [-0.25, -0.2) is 0 Å². The maximum absolute atomic E-state index is 12.2. The van der Waals surface area contributed by atoms with Gasteiger partial charge in [-0.2, -0.15) is 0 Å². The zero-order chi connectivity index (χ0) is 13.9. The first-order chi connectivity index (χ1) is 9.77.